The lowest BCUT2D eigenvalue weighted by molar-refractivity contribution is -0.127. The number of guanidine groups is 1. The zero-order valence-electron chi connectivity index (χ0n) is 15.5. The van der Waals surface area contributed by atoms with E-state index in [2.05, 4.69) is 34.7 Å². The van der Waals surface area contributed by atoms with Gasteiger partial charge >= 0.3 is 0 Å². The predicted octanol–water partition coefficient (Wildman–Crippen LogP) is 2.62. The molecule has 6 heteroatoms. The van der Waals surface area contributed by atoms with E-state index < -0.39 is 0 Å². The number of hydrogen-bond donors (Lipinski definition) is 2. The summed E-state index contributed by atoms with van der Waals surface area (Å²) in [5.74, 6) is 2.46. The highest BCUT2D eigenvalue weighted by Crippen LogP contribution is 2.44. The van der Waals surface area contributed by atoms with Gasteiger partial charge in [0.05, 0.1) is 6.54 Å². The van der Waals surface area contributed by atoms with Crippen LogP contribution in [0.5, 0.6) is 0 Å². The molecule has 0 spiro atoms. The van der Waals surface area contributed by atoms with Gasteiger partial charge in [-0.25, -0.2) is 4.99 Å². The summed E-state index contributed by atoms with van der Waals surface area (Å²) in [4.78, 5) is 20.7. The van der Waals surface area contributed by atoms with Crippen LogP contribution < -0.4 is 10.6 Å². The van der Waals surface area contributed by atoms with E-state index in [1.54, 1.807) is 19.0 Å². The molecular weight excluding hydrogens is 332 g/mol. The van der Waals surface area contributed by atoms with E-state index in [-0.39, 0.29) is 12.5 Å². The fourth-order valence-electron chi connectivity index (χ4n) is 3.92. The summed E-state index contributed by atoms with van der Waals surface area (Å²) in [6, 6.07) is 4.88. The van der Waals surface area contributed by atoms with Crippen molar-refractivity contribution in [1.82, 2.24) is 15.5 Å². The molecule has 2 aliphatic rings. The average Bonchev–Trinajstić information content (AvgIpc) is 3.32. The van der Waals surface area contributed by atoms with Crippen molar-refractivity contribution in [3.8, 4) is 0 Å². The number of likely N-dealkylation sites (N-methyl/N-ethyl adjacent to an activating group) is 1. The van der Waals surface area contributed by atoms with E-state index in [1.807, 2.05) is 11.3 Å². The molecule has 1 aromatic rings. The fourth-order valence-corrected chi connectivity index (χ4v) is 4.81. The van der Waals surface area contributed by atoms with Crippen LogP contribution in [0.2, 0.25) is 0 Å². The Morgan fingerprint density at radius 1 is 1.28 bits per heavy atom. The number of nitrogens with one attached hydrogen (secondary N) is 2. The number of nitrogens with zero attached hydrogens (tertiary/aromatic N) is 2. The highest BCUT2D eigenvalue weighted by molar-refractivity contribution is 7.11. The van der Waals surface area contributed by atoms with Crippen LogP contribution in [0.25, 0.3) is 0 Å². The minimum Gasteiger partial charge on any atom is -0.353 e. The molecule has 2 bridgehead atoms. The van der Waals surface area contributed by atoms with Gasteiger partial charge in [-0.1, -0.05) is 13.3 Å². The topological polar surface area (TPSA) is 56.7 Å². The van der Waals surface area contributed by atoms with Crippen molar-refractivity contribution in [3.05, 3.63) is 21.9 Å². The van der Waals surface area contributed by atoms with Crippen LogP contribution in [0.3, 0.4) is 0 Å². The number of aliphatic imine (C=N–C) groups is 1. The van der Waals surface area contributed by atoms with Gasteiger partial charge in [0.1, 0.15) is 6.54 Å². The smallest absolute Gasteiger partial charge is 0.243 e. The highest BCUT2D eigenvalue weighted by atomic mass is 32.1. The quantitative estimate of drug-likeness (QED) is 0.604. The van der Waals surface area contributed by atoms with E-state index in [1.165, 1.54) is 35.4 Å². The maximum atomic E-state index is 11.9. The average molecular weight is 363 g/mol. The molecule has 2 fully saturated rings. The van der Waals surface area contributed by atoms with Crippen molar-refractivity contribution in [2.75, 3.05) is 20.6 Å². The van der Waals surface area contributed by atoms with E-state index >= 15 is 0 Å². The number of fused-ring (bicyclic) bond motifs is 2. The number of carbonyl (C=O) groups is 1. The van der Waals surface area contributed by atoms with E-state index in [0.29, 0.717) is 6.04 Å². The van der Waals surface area contributed by atoms with Gasteiger partial charge in [-0.15, -0.1) is 11.3 Å². The standard InChI is InChI=1S/C19H30N4OS/c1-4-15-7-8-16(25-15)11-20-19(21-12-18(24)23(2)3)22-17-10-13-5-6-14(17)9-13/h7-8,13-14,17H,4-6,9-12H2,1-3H3,(H2,20,21,22). The minimum absolute atomic E-state index is 0.0263. The second kappa shape index (κ2) is 8.21. The maximum Gasteiger partial charge on any atom is 0.243 e. The Bertz CT molecular complexity index is 625. The molecule has 1 amide bonds. The molecule has 0 aromatic carbocycles. The zero-order chi connectivity index (χ0) is 17.8. The molecule has 5 nitrogen and oxygen atoms in total. The van der Waals surface area contributed by atoms with Crippen molar-refractivity contribution < 1.29 is 4.79 Å². The number of aryl methyl sites for hydroxylation is 1. The first-order chi connectivity index (χ1) is 12.0. The summed E-state index contributed by atoms with van der Waals surface area (Å²) in [5, 5.41) is 7.04. The maximum absolute atomic E-state index is 11.9. The third kappa shape index (κ3) is 4.75. The van der Waals surface area contributed by atoms with Gasteiger partial charge in [-0.05, 0) is 49.7 Å². The summed E-state index contributed by atoms with van der Waals surface area (Å²) in [5.41, 5.74) is 0. The SMILES string of the molecule is CCc1ccc(CNC(=NCC(=O)N(C)C)NC2CC3CCC2C3)s1. The summed E-state index contributed by atoms with van der Waals surface area (Å²) < 4.78 is 0. The van der Waals surface area contributed by atoms with Crippen LogP contribution in [0, 0.1) is 11.8 Å². The monoisotopic (exact) mass is 362 g/mol. The van der Waals surface area contributed by atoms with Gasteiger partial charge in [0.25, 0.3) is 0 Å². The molecule has 0 aliphatic heterocycles. The molecule has 3 rings (SSSR count). The predicted molar refractivity (Wildman–Crippen MR) is 104 cm³/mol. The van der Waals surface area contributed by atoms with Gasteiger partial charge < -0.3 is 15.5 Å². The lowest BCUT2D eigenvalue weighted by Crippen LogP contribution is -2.45. The molecule has 2 saturated carbocycles. The molecule has 0 radical (unpaired) electrons. The van der Waals surface area contributed by atoms with E-state index in [0.717, 1.165) is 30.8 Å². The summed E-state index contributed by atoms with van der Waals surface area (Å²) >= 11 is 1.84. The molecule has 3 atom stereocenters. The van der Waals surface area contributed by atoms with Gasteiger partial charge in [-0.3, -0.25) is 4.79 Å². The Kier molecular flexibility index (Phi) is 5.99. The Morgan fingerprint density at radius 3 is 2.68 bits per heavy atom. The van der Waals surface area contributed by atoms with Gasteiger partial charge in [0.15, 0.2) is 5.96 Å². The second-order valence-electron chi connectivity index (χ2n) is 7.45. The summed E-state index contributed by atoms with van der Waals surface area (Å²) in [6.07, 6.45) is 6.39. The van der Waals surface area contributed by atoms with Gasteiger partial charge in [-0.2, -0.15) is 0 Å². The Labute approximate surface area is 154 Å². The highest BCUT2D eigenvalue weighted by Gasteiger charge is 2.39. The van der Waals surface area contributed by atoms with E-state index in [9.17, 15) is 4.79 Å². The number of rotatable bonds is 6. The normalized spacial score (nSPS) is 25.2. The van der Waals surface area contributed by atoms with Gasteiger partial charge in [0.2, 0.25) is 5.91 Å². The first-order valence-electron chi connectivity index (χ1n) is 9.37. The third-order valence-electron chi connectivity index (χ3n) is 5.43. The third-order valence-corrected chi connectivity index (χ3v) is 6.66. The molecule has 2 N–H and O–H groups in total. The summed E-state index contributed by atoms with van der Waals surface area (Å²) in [6.45, 7) is 3.13. The Morgan fingerprint density at radius 2 is 2.08 bits per heavy atom. The number of amides is 1. The molecule has 138 valence electrons. The molecule has 25 heavy (non-hydrogen) atoms. The number of thiophene rings is 1. The van der Waals surface area contributed by atoms with Crippen molar-refractivity contribution in [2.45, 2.75) is 51.6 Å². The van der Waals surface area contributed by atoms with Gasteiger partial charge in [0, 0.05) is 29.9 Å². The fraction of sp³-hybridized carbons (Fsp3) is 0.684. The van der Waals surface area contributed by atoms with Crippen molar-refractivity contribution >= 4 is 23.2 Å². The lowest BCUT2D eigenvalue weighted by Gasteiger charge is -2.25. The van der Waals surface area contributed by atoms with Crippen LogP contribution in [0.15, 0.2) is 17.1 Å². The molecule has 0 saturated heterocycles. The number of hydrogen-bond acceptors (Lipinski definition) is 3. The largest absolute Gasteiger partial charge is 0.353 e. The van der Waals surface area contributed by atoms with Crippen LogP contribution >= 0.6 is 11.3 Å². The summed E-state index contributed by atoms with van der Waals surface area (Å²) in [7, 11) is 3.54. The second-order valence-corrected chi connectivity index (χ2v) is 8.71. The zero-order valence-corrected chi connectivity index (χ0v) is 16.4. The van der Waals surface area contributed by atoms with Crippen molar-refractivity contribution in [2.24, 2.45) is 16.8 Å². The van der Waals surface area contributed by atoms with E-state index in [4.69, 9.17) is 0 Å². The van der Waals surface area contributed by atoms with Crippen LogP contribution in [0.1, 0.15) is 42.4 Å². The van der Waals surface area contributed by atoms with Crippen LogP contribution in [-0.2, 0) is 17.8 Å². The van der Waals surface area contributed by atoms with Crippen molar-refractivity contribution in [1.29, 1.82) is 0 Å². The van der Waals surface area contributed by atoms with Crippen molar-refractivity contribution in [3.63, 3.8) is 0 Å². The Balaban J connectivity index is 1.60. The van der Waals surface area contributed by atoms with Crippen LogP contribution in [-0.4, -0.2) is 43.4 Å². The molecule has 1 heterocycles. The number of carbonyl (C=O) groups excluding carboxylic acids is 1. The first-order valence-corrected chi connectivity index (χ1v) is 10.2. The Hall–Kier alpha value is -1.56. The minimum atomic E-state index is 0.0263. The lowest BCUT2D eigenvalue weighted by atomic mass is 9.95. The molecule has 3 unspecified atom stereocenters. The molecule has 1 aromatic heterocycles. The molecular formula is C19H30N4OS. The van der Waals surface area contributed by atoms with Crippen LogP contribution in [0.4, 0.5) is 0 Å². The molecule has 2 aliphatic carbocycles. The first kappa shape index (κ1) is 18.2.